The summed E-state index contributed by atoms with van der Waals surface area (Å²) in [5, 5.41) is 0. The molecule has 1 rings (SSSR count). The van der Waals surface area contributed by atoms with Gasteiger partial charge in [0.15, 0.2) is 0 Å². The van der Waals surface area contributed by atoms with Crippen LogP contribution in [-0.4, -0.2) is 12.6 Å². The summed E-state index contributed by atoms with van der Waals surface area (Å²) < 4.78 is 5.03. The third-order valence-electron chi connectivity index (χ3n) is 2.41. The molecule has 0 aliphatic heterocycles. The Morgan fingerprint density at radius 1 is 1.33 bits per heavy atom. The van der Waals surface area contributed by atoms with Gasteiger partial charge in [0.1, 0.15) is 0 Å². The van der Waals surface area contributed by atoms with E-state index in [2.05, 4.69) is 6.92 Å². The summed E-state index contributed by atoms with van der Waals surface area (Å²) in [7, 11) is 0. The van der Waals surface area contributed by atoms with Gasteiger partial charge in [0, 0.05) is 6.42 Å². The van der Waals surface area contributed by atoms with E-state index in [1.807, 2.05) is 0 Å². The molecule has 0 unspecified atom stereocenters. The van der Waals surface area contributed by atoms with Gasteiger partial charge in [-0.3, -0.25) is 4.79 Å². The van der Waals surface area contributed by atoms with Crippen LogP contribution in [0.3, 0.4) is 0 Å². The Labute approximate surface area is 74.3 Å². The van der Waals surface area contributed by atoms with Crippen molar-refractivity contribution >= 4 is 5.97 Å². The lowest BCUT2D eigenvalue weighted by atomic mass is 9.90. The first-order chi connectivity index (χ1) is 5.83. The predicted octanol–water partition coefficient (Wildman–Crippen LogP) is 2.33. The van der Waals surface area contributed by atoms with Crippen molar-refractivity contribution in [3.05, 3.63) is 6.92 Å². The summed E-state index contributed by atoms with van der Waals surface area (Å²) in [4.78, 5) is 10.8. The van der Waals surface area contributed by atoms with E-state index < -0.39 is 0 Å². The Morgan fingerprint density at radius 2 is 2.00 bits per heavy atom. The molecule has 1 radical (unpaired) electrons. The predicted molar refractivity (Wildman–Crippen MR) is 47.5 cm³/mol. The highest BCUT2D eigenvalue weighted by molar-refractivity contribution is 5.69. The Bertz CT molecular complexity index is 137. The SMILES string of the molecule is [CH2]CC(=O)OCC1CCCCC1. The average molecular weight is 169 g/mol. The molecule has 0 aromatic heterocycles. The summed E-state index contributed by atoms with van der Waals surface area (Å²) in [5.41, 5.74) is 0. The van der Waals surface area contributed by atoms with Crippen LogP contribution in [0.4, 0.5) is 0 Å². The quantitative estimate of drug-likeness (QED) is 0.606. The molecule has 0 atom stereocenters. The molecule has 2 nitrogen and oxygen atoms in total. The molecule has 1 fully saturated rings. The van der Waals surface area contributed by atoms with E-state index >= 15 is 0 Å². The Balaban J connectivity index is 2.09. The zero-order chi connectivity index (χ0) is 8.81. The smallest absolute Gasteiger partial charge is 0.305 e. The zero-order valence-corrected chi connectivity index (χ0v) is 7.55. The largest absolute Gasteiger partial charge is 0.465 e. The molecule has 0 N–H and O–H groups in total. The van der Waals surface area contributed by atoms with Crippen molar-refractivity contribution in [1.29, 1.82) is 0 Å². The van der Waals surface area contributed by atoms with Crippen LogP contribution in [-0.2, 0) is 9.53 Å². The van der Waals surface area contributed by atoms with E-state index in [1.54, 1.807) is 0 Å². The number of hydrogen-bond donors (Lipinski definition) is 0. The van der Waals surface area contributed by atoms with Gasteiger partial charge in [0.2, 0.25) is 0 Å². The van der Waals surface area contributed by atoms with Crippen LogP contribution in [0.1, 0.15) is 38.5 Å². The maximum atomic E-state index is 10.8. The molecule has 0 saturated heterocycles. The first kappa shape index (κ1) is 9.56. The van der Waals surface area contributed by atoms with Crippen molar-refractivity contribution in [1.82, 2.24) is 0 Å². The van der Waals surface area contributed by atoms with Crippen LogP contribution < -0.4 is 0 Å². The Hall–Kier alpha value is -0.530. The third-order valence-corrected chi connectivity index (χ3v) is 2.41. The fraction of sp³-hybridized carbons (Fsp3) is 0.800. The Morgan fingerprint density at radius 3 is 2.58 bits per heavy atom. The number of rotatable bonds is 3. The first-order valence-electron chi connectivity index (χ1n) is 4.78. The van der Waals surface area contributed by atoms with Gasteiger partial charge in [-0.2, -0.15) is 0 Å². The normalized spacial score (nSPS) is 19.1. The number of hydrogen-bond acceptors (Lipinski definition) is 2. The van der Waals surface area contributed by atoms with Crippen molar-refractivity contribution in [2.24, 2.45) is 5.92 Å². The highest BCUT2D eigenvalue weighted by Crippen LogP contribution is 2.23. The minimum atomic E-state index is -0.166. The summed E-state index contributed by atoms with van der Waals surface area (Å²) in [6.07, 6.45) is 6.65. The van der Waals surface area contributed by atoms with E-state index in [1.165, 1.54) is 32.1 Å². The van der Waals surface area contributed by atoms with Crippen molar-refractivity contribution in [3.63, 3.8) is 0 Å². The second-order valence-electron chi connectivity index (χ2n) is 3.44. The highest BCUT2D eigenvalue weighted by atomic mass is 16.5. The number of ether oxygens (including phenoxy) is 1. The standard InChI is InChI=1S/C10H17O2/c1-2-10(11)12-8-9-6-4-3-5-7-9/h9H,1-8H2. The minimum Gasteiger partial charge on any atom is -0.465 e. The van der Waals surface area contributed by atoms with Gasteiger partial charge >= 0.3 is 5.97 Å². The molecule has 1 aliphatic rings. The lowest BCUT2D eigenvalue weighted by Gasteiger charge is -2.20. The molecule has 69 valence electrons. The van der Waals surface area contributed by atoms with Gasteiger partial charge in [-0.15, -0.1) is 0 Å². The molecular weight excluding hydrogens is 152 g/mol. The molecule has 1 saturated carbocycles. The second-order valence-corrected chi connectivity index (χ2v) is 3.44. The molecule has 1 aliphatic carbocycles. The van der Waals surface area contributed by atoms with Crippen molar-refractivity contribution in [3.8, 4) is 0 Å². The van der Waals surface area contributed by atoms with Crippen LogP contribution in [0.25, 0.3) is 0 Å². The fourth-order valence-corrected chi connectivity index (χ4v) is 1.64. The van der Waals surface area contributed by atoms with E-state index in [-0.39, 0.29) is 12.4 Å². The van der Waals surface area contributed by atoms with Gasteiger partial charge in [-0.1, -0.05) is 19.3 Å². The second kappa shape index (κ2) is 5.18. The van der Waals surface area contributed by atoms with Crippen LogP contribution in [0.2, 0.25) is 0 Å². The van der Waals surface area contributed by atoms with Crippen LogP contribution >= 0.6 is 0 Å². The molecule has 0 heterocycles. The van der Waals surface area contributed by atoms with Crippen LogP contribution in [0, 0.1) is 12.8 Å². The van der Waals surface area contributed by atoms with Crippen molar-refractivity contribution in [2.45, 2.75) is 38.5 Å². The van der Waals surface area contributed by atoms with E-state index in [4.69, 9.17) is 4.74 Å². The van der Waals surface area contributed by atoms with Crippen LogP contribution in [0.15, 0.2) is 0 Å². The van der Waals surface area contributed by atoms with Gasteiger partial charge in [0.25, 0.3) is 0 Å². The third kappa shape index (κ3) is 3.24. The van der Waals surface area contributed by atoms with E-state index in [0.29, 0.717) is 12.5 Å². The summed E-state index contributed by atoms with van der Waals surface area (Å²) in [6, 6.07) is 0. The monoisotopic (exact) mass is 169 g/mol. The lowest BCUT2D eigenvalue weighted by molar-refractivity contribution is -0.144. The molecule has 0 spiro atoms. The van der Waals surface area contributed by atoms with Crippen molar-refractivity contribution in [2.75, 3.05) is 6.61 Å². The maximum absolute atomic E-state index is 10.8. The van der Waals surface area contributed by atoms with E-state index in [9.17, 15) is 4.79 Å². The van der Waals surface area contributed by atoms with Gasteiger partial charge in [0.05, 0.1) is 6.61 Å². The molecule has 0 amide bonds. The maximum Gasteiger partial charge on any atom is 0.305 e. The number of carbonyl (C=O) groups excluding carboxylic acids is 1. The molecule has 0 bridgehead atoms. The van der Waals surface area contributed by atoms with Crippen molar-refractivity contribution < 1.29 is 9.53 Å². The lowest BCUT2D eigenvalue weighted by Crippen LogP contribution is -2.16. The average Bonchev–Trinajstić information content (AvgIpc) is 2.16. The topological polar surface area (TPSA) is 26.3 Å². The van der Waals surface area contributed by atoms with Gasteiger partial charge < -0.3 is 4.74 Å². The van der Waals surface area contributed by atoms with Gasteiger partial charge in [-0.25, -0.2) is 0 Å². The minimum absolute atomic E-state index is 0.166. The fourth-order valence-electron chi connectivity index (χ4n) is 1.64. The molecule has 0 aromatic carbocycles. The van der Waals surface area contributed by atoms with E-state index in [0.717, 1.165) is 0 Å². The first-order valence-corrected chi connectivity index (χ1v) is 4.78. The zero-order valence-electron chi connectivity index (χ0n) is 7.55. The molecule has 2 heteroatoms. The summed E-state index contributed by atoms with van der Waals surface area (Å²) in [5.74, 6) is 0.454. The van der Waals surface area contributed by atoms with Crippen LogP contribution in [0.5, 0.6) is 0 Å². The molecule has 0 aromatic rings. The number of esters is 1. The van der Waals surface area contributed by atoms with Gasteiger partial charge in [-0.05, 0) is 25.7 Å². The summed E-state index contributed by atoms with van der Waals surface area (Å²) in [6.45, 7) is 4.09. The molecule has 12 heavy (non-hydrogen) atoms. The molecular formula is C10H17O2. The highest BCUT2D eigenvalue weighted by Gasteiger charge is 2.14. The summed E-state index contributed by atoms with van der Waals surface area (Å²) >= 11 is 0. The number of carbonyl (C=O) groups is 1. The Kier molecular flexibility index (Phi) is 4.12.